The van der Waals surface area contributed by atoms with E-state index in [0.717, 1.165) is 11.7 Å². The predicted octanol–water partition coefficient (Wildman–Crippen LogP) is 1.80. The molecule has 0 radical (unpaired) electrons. The van der Waals surface area contributed by atoms with E-state index in [2.05, 4.69) is 15.5 Å². The highest BCUT2D eigenvalue weighted by Crippen LogP contribution is 2.32. The molecule has 1 amide bonds. The van der Waals surface area contributed by atoms with Gasteiger partial charge in [0, 0.05) is 18.3 Å². The number of nitrogens with one attached hydrogen (secondary N) is 1. The van der Waals surface area contributed by atoms with Crippen LogP contribution in [-0.2, 0) is 11.3 Å². The monoisotopic (exact) mass is 320 g/mol. The summed E-state index contributed by atoms with van der Waals surface area (Å²) in [6, 6.07) is 5.36. The molecule has 0 aliphatic carbocycles. The fourth-order valence-corrected chi connectivity index (χ4v) is 2.80. The first-order valence-electron chi connectivity index (χ1n) is 6.96. The van der Waals surface area contributed by atoms with Crippen molar-refractivity contribution in [1.29, 1.82) is 0 Å². The maximum atomic E-state index is 12.0. The first-order valence-corrected chi connectivity index (χ1v) is 7.95. The lowest BCUT2D eigenvalue weighted by Gasteiger charge is -2.18. The predicted molar refractivity (Wildman–Crippen MR) is 82.5 cm³/mol. The van der Waals surface area contributed by atoms with Gasteiger partial charge in [-0.05, 0) is 19.1 Å². The van der Waals surface area contributed by atoms with Crippen LogP contribution in [0.2, 0.25) is 0 Å². The van der Waals surface area contributed by atoms with E-state index in [1.807, 2.05) is 11.5 Å². The molecule has 1 aliphatic heterocycles. The minimum absolute atomic E-state index is 0.104. The van der Waals surface area contributed by atoms with E-state index in [9.17, 15) is 4.79 Å². The number of thioether (sulfide) groups is 1. The number of nitrogens with zero attached hydrogens (tertiary/aromatic N) is 3. The number of amides is 1. The van der Waals surface area contributed by atoms with Crippen LogP contribution >= 0.6 is 11.8 Å². The number of aromatic nitrogens is 3. The maximum absolute atomic E-state index is 12.0. The Bertz CT molecular complexity index is 674. The number of carbonyl (C=O) groups excluding carboxylic acids is 1. The Kier molecular flexibility index (Phi) is 4.47. The lowest BCUT2D eigenvalue weighted by Crippen LogP contribution is -2.17. The average Bonchev–Trinajstić information content (AvgIpc) is 3.00. The molecule has 7 nitrogen and oxygen atoms in total. The minimum atomic E-state index is -0.104. The summed E-state index contributed by atoms with van der Waals surface area (Å²) in [5.41, 5.74) is 0.687. The van der Waals surface area contributed by atoms with Crippen LogP contribution in [0.5, 0.6) is 11.5 Å². The molecule has 1 aromatic carbocycles. The van der Waals surface area contributed by atoms with Crippen LogP contribution in [0.4, 0.5) is 5.69 Å². The first-order chi connectivity index (χ1) is 10.8. The SMILES string of the molecule is CCn1cnnc1SCC(=O)Nc1ccc2c(c1)OCCO2. The summed E-state index contributed by atoms with van der Waals surface area (Å²) < 4.78 is 12.8. The molecule has 2 aromatic rings. The van der Waals surface area contributed by atoms with Crippen molar-refractivity contribution < 1.29 is 14.3 Å². The number of rotatable bonds is 5. The molecule has 1 aliphatic rings. The topological polar surface area (TPSA) is 78.3 Å². The second-order valence-electron chi connectivity index (χ2n) is 4.59. The van der Waals surface area contributed by atoms with E-state index in [0.29, 0.717) is 30.4 Å². The summed E-state index contributed by atoms with van der Waals surface area (Å²) in [6.07, 6.45) is 1.65. The van der Waals surface area contributed by atoms with E-state index in [4.69, 9.17) is 9.47 Å². The third kappa shape index (κ3) is 3.33. The summed E-state index contributed by atoms with van der Waals surface area (Å²) in [5.74, 6) is 1.53. The molecular formula is C14H16N4O3S. The number of fused-ring (bicyclic) bond motifs is 1. The van der Waals surface area contributed by atoms with Gasteiger partial charge in [-0.25, -0.2) is 0 Å². The van der Waals surface area contributed by atoms with Crippen molar-refractivity contribution in [2.45, 2.75) is 18.6 Å². The van der Waals surface area contributed by atoms with Crippen molar-refractivity contribution in [1.82, 2.24) is 14.8 Å². The second kappa shape index (κ2) is 6.69. The largest absolute Gasteiger partial charge is 0.486 e. The zero-order chi connectivity index (χ0) is 15.4. The molecule has 0 bridgehead atoms. The van der Waals surface area contributed by atoms with Crippen molar-refractivity contribution in [3.8, 4) is 11.5 Å². The lowest BCUT2D eigenvalue weighted by atomic mass is 10.2. The Morgan fingerprint density at radius 2 is 2.18 bits per heavy atom. The van der Waals surface area contributed by atoms with Gasteiger partial charge in [0.05, 0.1) is 5.75 Å². The quantitative estimate of drug-likeness (QED) is 0.846. The number of anilines is 1. The summed E-state index contributed by atoms with van der Waals surface area (Å²) in [7, 11) is 0. The number of hydrogen-bond acceptors (Lipinski definition) is 6. The van der Waals surface area contributed by atoms with Gasteiger partial charge >= 0.3 is 0 Å². The molecule has 1 aromatic heterocycles. The summed E-state index contributed by atoms with van der Waals surface area (Å²) in [5, 5.41) is 11.4. The van der Waals surface area contributed by atoms with Gasteiger partial charge in [-0.2, -0.15) is 0 Å². The highest BCUT2D eigenvalue weighted by atomic mass is 32.2. The van der Waals surface area contributed by atoms with Crippen LogP contribution in [0.3, 0.4) is 0 Å². The first kappa shape index (κ1) is 14.7. The van der Waals surface area contributed by atoms with Gasteiger partial charge < -0.3 is 19.4 Å². The molecule has 1 N–H and O–H groups in total. The number of aryl methyl sites for hydroxylation is 1. The Balaban J connectivity index is 1.57. The highest BCUT2D eigenvalue weighted by molar-refractivity contribution is 7.99. The van der Waals surface area contributed by atoms with Gasteiger partial charge in [0.25, 0.3) is 0 Å². The molecule has 116 valence electrons. The van der Waals surface area contributed by atoms with Crippen LogP contribution < -0.4 is 14.8 Å². The zero-order valence-corrected chi connectivity index (χ0v) is 12.9. The fraction of sp³-hybridized carbons (Fsp3) is 0.357. The number of carbonyl (C=O) groups is 1. The normalized spacial score (nSPS) is 13.0. The van der Waals surface area contributed by atoms with Gasteiger partial charge in [-0.15, -0.1) is 10.2 Å². The van der Waals surface area contributed by atoms with E-state index >= 15 is 0 Å². The molecule has 0 saturated heterocycles. The zero-order valence-electron chi connectivity index (χ0n) is 12.1. The van der Waals surface area contributed by atoms with Gasteiger partial charge in [-0.3, -0.25) is 4.79 Å². The summed E-state index contributed by atoms with van der Waals surface area (Å²) in [6.45, 7) is 3.85. The Morgan fingerprint density at radius 1 is 1.36 bits per heavy atom. The standard InChI is InChI=1S/C14H16N4O3S/c1-2-18-9-15-17-14(18)22-8-13(19)16-10-3-4-11-12(7-10)21-6-5-20-11/h3-4,7,9H,2,5-6,8H2,1H3,(H,16,19). The van der Waals surface area contributed by atoms with Crippen LogP contribution in [0.25, 0.3) is 0 Å². The third-order valence-corrected chi connectivity index (χ3v) is 4.06. The molecule has 0 unspecified atom stereocenters. The Morgan fingerprint density at radius 3 is 3.00 bits per heavy atom. The number of hydrogen-bond donors (Lipinski definition) is 1. The highest BCUT2D eigenvalue weighted by Gasteiger charge is 2.13. The van der Waals surface area contributed by atoms with Crippen molar-refractivity contribution in [3.05, 3.63) is 24.5 Å². The molecule has 0 atom stereocenters. The number of ether oxygens (including phenoxy) is 2. The molecule has 0 saturated carbocycles. The van der Waals surface area contributed by atoms with Gasteiger partial charge in [-0.1, -0.05) is 11.8 Å². The molecule has 3 rings (SSSR count). The van der Waals surface area contributed by atoms with E-state index in [1.54, 1.807) is 24.5 Å². The van der Waals surface area contributed by atoms with E-state index in [1.165, 1.54) is 11.8 Å². The molecule has 2 heterocycles. The number of benzene rings is 1. The fourth-order valence-electron chi connectivity index (χ4n) is 2.02. The molecule has 0 fully saturated rings. The van der Waals surface area contributed by atoms with Crippen molar-refractivity contribution in [3.63, 3.8) is 0 Å². The van der Waals surface area contributed by atoms with Crippen LogP contribution in [0.15, 0.2) is 29.7 Å². The van der Waals surface area contributed by atoms with Crippen molar-refractivity contribution in [2.24, 2.45) is 0 Å². The van der Waals surface area contributed by atoms with Crippen molar-refractivity contribution in [2.75, 3.05) is 24.3 Å². The van der Waals surface area contributed by atoms with Gasteiger partial charge in [0.15, 0.2) is 16.7 Å². The smallest absolute Gasteiger partial charge is 0.234 e. The molecule has 22 heavy (non-hydrogen) atoms. The van der Waals surface area contributed by atoms with Crippen molar-refractivity contribution >= 4 is 23.4 Å². The summed E-state index contributed by atoms with van der Waals surface area (Å²) in [4.78, 5) is 12.0. The molecule has 0 spiro atoms. The average molecular weight is 320 g/mol. The van der Waals surface area contributed by atoms with Crippen LogP contribution in [0.1, 0.15) is 6.92 Å². The van der Waals surface area contributed by atoms with Crippen LogP contribution in [0, 0.1) is 0 Å². The second-order valence-corrected chi connectivity index (χ2v) is 5.54. The van der Waals surface area contributed by atoms with Gasteiger partial charge in [0.1, 0.15) is 19.5 Å². The van der Waals surface area contributed by atoms with E-state index < -0.39 is 0 Å². The Hall–Kier alpha value is -2.22. The maximum Gasteiger partial charge on any atom is 0.234 e. The lowest BCUT2D eigenvalue weighted by molar-refractivity contribution is -0.113. The van der Waals surface area contributed by atoms with Gasteiger partial charge in [0.2, 0.25) is 5.91 Å². The van der Waals surface area contributed by atoms with Crippen LogP contribution in [-0.4, -0.2) is 39.6 Å². The van der Waals surface area contributed by atoms with E-state index in [-0.39, 0.29) is 11.7 Å². The minimum Gasteiger partial charge on any atom is -0.486 e. The third-order valence-electron chi connectivity index (χ3n) is 3.08. The summed E-state index contributed by atoms with van der Waals surface area (Å²) >= 11 is 1.36. The Labute approximate surface area is 132 Å². The molecule has 8 heteroatoms. The molecular weight excluding hydrogens is 304 g/mol.